The first-order valence-electron chi connectivity index (χ1n) is 6.77. The molecule has 0 radical (unpaired) electrons. The highest BCUT2D eigenvalue weighted by molar-refractivity contribution is 6.30. The van der Waals surface area contributed by atoms with Crippen LogP contribution in [0.5, 0.6) is 5.88 Å². The van der Waals surface area contributed by atoms with Crippen LogP contribution in [-0.2, 0) is 5.60 Å². The van der Waals surface area contributed by atoms with Crippen molar-refractivity contribution in [3.63, 3.8) is 0 Å². The van der Waals surface area contributed by atoms with E-state index in [0.29, 0.717) is 40.2 Å². The maximum atomic E-state index is 13.7. The standard InChI is InChI=1S/C15H16ClFN2O2/c1-14(2,20)11-7-19-13(21-8-15(17)3-4-15)10-6-18-12(16)5-9(10)11/h5-7,20H,3-4,8H2,1-2H3. The molecule has 6 heteroatoms. The minimum absolute atomic E-state index is 0.0143. The molecule has 1 aliphatic rings. The number of nitrogens with zero attached hydrogens (tertiary/aromatic N) is 2. The molecule has 0 atom stereocenters. The Hall–Kier alpha value is -1.46. The summed E-state index contributed by atoms with van der Waals surface area (Å²) in [7, 11) is 0. The SMILES string of the molecule is CC(C)(O)c1cnc(OCC2(F)CC2)c2cnc(Cl)cc12. The van der Waals surface area contributed by atoms with Crippen molar-refractivity contribution in [2.45, 2.75) is 38.0 Å². The van der Waals surface area contributed by atoms with Gasteiger partial charge in [-0.2, -0.15) is 0 Å². The number of pyridine rings is 2. The highest BCUT2D eigenvalue weighted by atomic mass is 35.5. The van der Waals surface area contributed by atoms with Crippen molar-refractivity contribution in [3.8, 4) is 5.88 Å². The molecule has 0 bridgehead atoms. The van der Waals surface area contributed by atoms with Gasteiger partial charge in [0, 0.05) is 18.0 Å². The second-order valence-electron chi connectivity index (χ2n) is 6.03. The van der Waals surface area contributed by atoms with Gasteiger partial charge in [0.25, 0.3) is 0 Å². The molecule has 1 saturated carbocycles. The van der Waals surface area contributed by atoms with Gasteiger partial charge in [-0.3, -0.25) is 0 Å². The van der Waals surface area contributed by atoms with Crippen LogP contribution in [0.2, 0.25) is 5.15 Å². The van der Waals surface area contributed by atoms with E-state index in [9.17, 15) is 9.50 Å². The van der Waals surface area contributed by atoms with Crippen molar-refractivity contribution < 1.29 is 14.2 Å². The largest absolute Gasteiger partial charge is 0.474 e. The molecular formula is C15H16ClFN2O2. The van der Waals surface area contributed by atoms with Crippen LogP contribution < -0.4 is 4.74 Å². The molecule has 0 amide bonds. The van der Waals surface area contributed by atoms with Crippen LogP contribution in [0, 0.1) is 0 Å². The van der Waals surface area contributed by atoms with Crippen molar-refractivity contribution in [1.82, 2.24) is 9.97 Å². The van der Waals surface area contributed by atoms with E-state index in [1.54, 1.807) is 19.9 Å². The zero-order valence-corrected chi connectivity index (χ0v) is 12.6. The summed E-state index contributed by atoms with van der Waals surface area (Å²) in [4.78, 5) is 8.22. The van der Waals surface area contributed by atoms with Crippen LogP contribution in [0.1, 0.15) is 32.3 Å². The van der Waals surface area contributed by atoms with Crippen LogP contribution in [0.25, 0.3) is 10.8 Å². The van der Waals surface area contributed by atoms with Crippen molar-refractivity contribution in [1.29, 1.82) is 0 Å². The van der Waals surface area contributed by atoms with E-state index in [1.807, 2.05) is 0 Å². The summed E-state index contributed by atoms with van der Waals surface area (Å²) >= 11 is 5.94. The van der Waals surface area contributed by atoms with E-state index in [-0.39, 0.29) is 6.61 Å². The molecule has 1 N–H and O–H groups in total. The molecule has 1 fully saturated rings. The fourth-order valence-corrected chi connectivity index (χ4v) is 2.32. The summed E-state index contributed by atoms with van der Waals surface area (Å²) in [5, 5.41) is 11.9. The van der Waals surface area contributed by atoms with Crippen molar-refractivity contribution in [3.05, 3.63) is 29.2 Å². The van der Waals surface area contributed by atoms with Crippen molar-refractivity contribution in [2.24, 2.45) is 0 Å². The molecule has 2 aromatic heterocycles. The Morgan fingerprint density at radius 2 is 2.05 bits per heavy atom. The normalized spacial score (nSPS) is 17.0. The summed E-state index contributed by atoms with van der Waals surface area (Å²) in [6.07, 6.45) is 4.12. The smallest absolute Gasteiger partial charge is 0.223 e. The lowest BCUT2D eigenvalue weighted by atomic mass is 9.95. The number of aliphatic hydroxyl groups is 1. The minimum atomic E-state index is -1.22. The fraction of sp³-hybridized carbons (Fsp3) is 0.467. The first kappa shape index (κ1) is 14.5. The van der Waals surface area contributed by atoms with Gasteiger partial charge in [0.2, 0.25) is 5.88 Å². The summed E-state index contributed by atoms with van der Waals surface area (Å²) < 4.78 is 19.2. The lowest BCUT2D eigenvalue weighted by Gasteiger charge is -2.20. The number of halogens is 2. The third kappa shape index (κ3) is 2.94. The van der Waals surface area contributed by atoms with Gasteiger partial charge in [0.1, 0.15) is 17.4 Å². The van der Waals surface area contributed by atoms with Gasteiger partial charge < -0.3 is 9.84 Å². The van der Waals surface area contributed by atoms with E-state index in [1.165, 1.54) is 12.4 Å². The Labute approximate surface area is 126 Å². The number of hydrogen-bond acceptors (Lipinski definition) is 4. The molecule has 2 heterocycles. The average molecular weight is 311 g/mol. The molecule has 2 aromatic rings. The lowest BCUT2D eigenvalue weighted by molar-refractivity contribution is 0.0797. The highest BCUT2D eigenvalue weighted by Gasteiger charge is 2.44. The highest BCUT2D eigenvalue weighted by Crippen LogP contribution is 2.40. The van der Waals surface area contributed by atoms with Gasteiger partial charge in [-0.25, -0.2) is 14.4 Å². The van der Waals surface area contributed by atoms with Crippen LogP contribution >= 0.6 is 11.6 Å². The second-order valence-corrected chi connectivity index (χ2v) is 6.42. The Morgan fingerprint density at radius 1 is 1.33 bits per heavy atom. The monoisotopic (exact) mass is 310 g/mol. The Morgan fingerprint density at radius 3 is 2.67 bits per heavy atom. The van der Waals surface area contributed by atoms with Gasteiger partial charge in [0.05, 0.1) is 11.0 Å². The Kier molecular flexibility index (Phi) is 3.30. The third-order valence-electron chi connectivity index (χ3n) is 3.62. The summed E-state index contributed by atoms with van der Waals surface area (Å²) in [5.74, 6) is 0.311. The van der Waals surface area contributed by atoms with E-state index < -0.39 is 11.3 Å². The third-order valence-corrected chi connectivity index (χ3v) is 3.83. The molecule has 4 nitrogen and oxygen atoms in total. The molecule has 1 aliphatic carbocycles. The van der Waals surface area contributed by atoms with Crippen LogP contribution in [0.15, 0.2) is 18.5 Å². The summed E-state index contributed by atoms with van der Waals surface area (Å²) in [6, 6.07) is 1.65. The van der Waals surface area contributed by atoms with Gasteiger partial charge in [-0.05, 0) is 38.1 Å². The number of rotatable bonds is 4. The topological polar surface area (TPSA) is 55.2 Å². The molecule has 3 rings (SSSR count). The first-order chi connectivity index (χ1) is 9.78. The lowest BCUT2D eigenvalue weighted by Crippen LogP contribution is -2.18. The van der Waals surface area contributed by atoms with E-state index in [2.05, 4.69) is 9.97 Å². The average Bonchev–Trinajstić information content (AvgIpc) is 3.12. The number of alkyl halides is 1. The zero-order valence-electron chi connectivity index (χ0n) is 11.9. The summed E-state index contributed by atoms with van der Waals surface area (Å²) in [5.41, 5.74) is -1.68. The minimum Gasteiger partial charge on any atom is -0.474 e. The fourth-order valence-electron chi connectivity index (χ4n) is 2.17. The van der Waals surface area contributed by atoms with E-state index >= 15 is 0 Å². The van der Waals surface area contributed by atoms with Crippen LogP contribution in [0.4, 0.5) is 4.39 Å². The molecule has 21 heavy (non-hydrogen) atoms. The van der Waals surface area contributed by atoms with E-state index in [0.717, 1.165) is 0 Å². The molecule has 0 aliphatic heterocycles. The number of fused-ring (bicyclic) bond motifs is 1. The maximum absolute atomic E-state index is 13.7. The van der Waals surface area contributed by atoms with Gasteiger partial charge >= 0.3 is 0 Å². The molecule has 0 unspecified atom stereocenters. The number of aromatic nitrogens is 2. The van der Waals surface area contributed by atoms with Crippen molar-refractivity contribution >= 4 is 22.4 Å². The Balaban J connectivity index is 2.06. The first-order valence-corrected chi connectivity index (χ1v) is 7.15. The Bertz CT molecular complexity index is 696. The van der Waals surface area contributed by atoms with E-state index in [4.69, 9.17) is 16.3 Å². The van der Waals surface area contributed by atoms with Gasteiger partial charge in [-0.15, -0.1) is 0 Å². The van der Waals surface area contributed by atoms with Gasteiger partial charge in [-0.1, -0.05) is 11.6 Å². The second kappa shape index (κ2) is 4.78. The predicted octanol–water partition coefficient (Wildman–Crippen LogP) is 3.39. The number of ether oxygens (including phenoxy) is 1. The molecular weight excluding hydrogens is 295 g/mol. The molecule has 0 saturated heterocycles. The molecule has 0 aromatic carbocycles. The predicted molar refractivity (Wildman–Crippen MR) is 78.4 cm³/mol. The zero-order chi connectivity index (χ0) is 15.3. The number of hydrogen-bond donors (Lipinski definition) is 1. The van der Waals surface area contributed by atoms with Crippen molar-refractivity contribution in [2.75, 3.05) is 6.61 Å². The van der Waals surface area contributed by atoms with Gasteiger partial charge in [0.15, 0.2) is 0 Å². The maximum Gasteiger partial charge on any atom is 0.223 e. The van der Waals surface area contributed by atoms with Crippen LogP contribution in [-0.4, -0.2) is 27.4 Å². The quantitative estimate of drug-likeness (QED) is 0.879. The summed E-state index contributed by atoms with van der Waals surface area (Å²) in [6.45, 7) is 3.32. The molecule has 0 spiro atoms. The van der Waals surface area contributed by atoms with Crippen LogP contribution in [0.3, 0.4) is 0 Å². The molecule has 112 valence electrons.